The molecule has 5 rings (SSSR count). The summed E-state index contributed by atoms with van der Waals surface area (Å²) in [5.41, 5.74) is 3.16. The summed E-state index contributed by atoms with van der Waals surface area (Å²) in [5.74, 6) is 2.54. The maximum Gasteiger partial charge on any atom is 0.336 e. The first-order chi connectivity index (χ1) is 14.7. The van der Waals surface area contributed by atoms with Crippen molar-refractivity contribution >= 4 is 17.3 Å². The molecule has 6 nitrogen and oxygen atoms in total. The number of halogens is 1. The van der Waals surface area contributed by atoms with Gasteiger partial charge >= 0.3 is 5.84 Å². The molecule has 31 heavy (non-hydrogen) atoms. The SMILES string of the molecule is COc1ccc(-c2c[n+](C3=NN(c4ccccc4)CC3=O)c3n2CCCCC3)cc1.[Br-]. The van der Waals surface area contributed by atoms with Gasteiger partial charge in [0.25, 0.3) is 5.78 Å². The molecule has 0 bridgehead atoms. The highest BCUT2D eigenvalue weighted by Gasteiger charge is 2.37. The van der Waals surface area contributed by atoms with Crippen molar-refractivity contribution in [2.45, 2.75) is 32.2 Å². The maximum atomic E-state index is 12.9. The first kappa shape index (κ1) is 21.3. The van der Waals surface area contributed by atoms with E-state index in [1.807, 2.05) is 47.0 Å². The van der Waals surface area contributed by atoms with Crippen molar-refractivity contribution in [2.75, 3.05) is 18.7 Å². The lowest BCUT2D eigenvalue weighted by Crippen LogP contribution is -3.00. The number of hydrogen-bond donors (Lipinski definition) is 0. The second-order valence-electron chi connectivity index (χ2n) is 7.73. The molecule has 0 unspecified atom stereocenters. The highest BCUT2D eigenvalue weighted by atomic mass is 79.9. The Balaban J connectivity index is 0.00000231. The van der Waals surface area contributed by atoms with Gasteiger partial charge in [0, 0.05) is 12.0 Å². The molecule has 3 heterocycles. The fourth-order valence-corrected chi connectivity index (χ4v) is 4.29. The van der Waals surface area contributed by atoms with Gasteiger partial charge in [0.1, 0.15) is 24.2 Å². The molecule has 2 aromatic carbocycles. The number of benzene rings is 2. The van der Waals surface area contributed by atoms with Crippen LogP contribution in [0, 0.1) is 0 Å². The van der Waals surface area contributed by atoms with Gasteiger partial charge in [-0.15, -0.1) is 0 Å². The number of anilines is 1. The summed E-state index contributed by atoms with van der Waals surface area (Å²) in [6.45, 7) is 1.22. The Morgan fingerprint density at radius 1 is 1.00 bits per heavy atom. The first-order valence-corrected chi connectivity index (χ1v) is 10.5. The number of aromatic nitrogens is 2. The molecular formula is C24H25BrN4O2. The Morgan fingerprint density at radius 2 is 1.77 bits per heavy atom. The van der Waals surface area contributed by atoms with Gasteiger partial charge in [0.15, 0.2) is 0 Å². The van der Waals surface area contributed by atoms with Gasteiger partial charge in [-0.3, -0.25) is 9.36 Å². The fourth-order valence-electron chi connectivity index (χ4n) is 4.29. The summed E-state index contributed by atoms with van der Waals surface area (Å²) < 4.78 is 9.69. The lowest BCUT2D eigenvalue weighted by atomic mass is 10.1. The number of nitrogens with zero attached hydrogens (tertiary/aromatic N) is 4. The third kappa shape index (κ3) is 4.02. The average molecular weight is 481 g/mol. The third-order valence-electron chi connectivity index (χ3n) is 5.84. The monoisotopic (exact) mass is 480 g/mol. The zero-order chi connectivity index (χ0) is 20.5. The topological polar surface area (TPSA) is 50.7 Å². The normalized spacial score (nSPS) is 15.7. The van der Waals surface area contributed by atoms with E-state index >= 15 is 0 Å². The molecule has 0 radical (unpaired) electrons. The number of carbonyl (C=O) groups is 1. The summed E-state index contributed by atoms with van der Waals surface area (Å²) >= 11 is 0. The van der Waals surface area contributed by atoms with Crippen molar-refractivity contribution < 1.29 is 31.1 Å². The van der Waals surface area contributed by atoms with Crippen LogP contribution in [0.1, 0.15) is 25.1 Å². The lowest BCUT2D eigenvalue weighted by molar-refractivity contribution is -0.561. The van der Waals surface area contributed by atoms with E-state index in [4.69, 9.17) is 9.84 Å². The summed E-state index contributed by atoms with van der Waals surface area (Å²) in [6.07, 6.45) is 6.47. The Hall–Kier alpha value is -2.93. The Labute approximate surface area is 192 Å². The predicted octanol–water partition coefficient (Wildman–Crippen LogP) is 0.433. The molecule has 7 heteroatoms. The number of fused-ring (bicyclic) bond motifs is 1. The number of ether oxygens (including phenoxy) is 1. The minimum Gasteiger partial charge on any atom is -1.00 e. The molecule has 0 spiro atoms. The van der Waals surface area contributed by atoms with E-state index in [1.54, 1.807) is 12.1 Å². The minimum absolute atomic E-state index is 0. The zero-order valence-corrected chi connectivity index (χ0v) is 19.1. The molecule has 1 aromatic heterocycles. The first-order valence-electron chi connectivity index (χ1n) is 10.5. The van der Waals surface area contributed by atoms with E-state index in [-0.39, 0.29) is 29.3 Å². The molecule has 0 saturated carbocycles. The second-order valence-corrected chi connectivity index (χ2v) is 7.73. The largest absolute Gasteiger partial charge is 1.00 e. The van der Waals surface area contributed by atoms with Crippen molar-refractivity contribution in [3.8, 4) is 17.0 Å². The van der Waals surface area contributed by atoms with Crippen molar-refractivity contribution in [3.63, 3.8) is 0 Å². The van der Waals surface area contributed by atoms with Gasteiger partial charge in [-0.25, -0.2) is 0 Å². The van der Waals surface area contributed by atoms with Crippen molar-refractivity contribution in [3.05, 3.63) is 66.6 Å². The molecule has 0 atom stereocenters. The van der Waals surface area contributed by atoms with Gasteiger partial charge in [0.2, 0.25) is 5.82 Å². The molecule has 0 fully saturated rings. The van der Waals surface area contributed by atoms with Gasteiger partial charge < -0.3 is 21.7 Å². The summed E-state index contributed by atoms with van der Waals surface area (Å²) in [4.78, 5) is 12.9. The van der Waals surface area contributed by atoms with Crippen LogP contribution in [0.2, 0.25) is 0 Å². The maximum absolute atomic E-state index is 12.9. The van der Waals surface area contributed by atoms with Gasteiger partial charge in [0.05, 0.1) is 19.3 Å². The van der Waals surface area contributed by atoms with Gasteiger partial charge in [-0.05, 0) is 60.8 Å². The van der Waals surface area contributed by atoms with Gasteiger partial charge in [-0.1, -0.05) is 18.2 Å². The molecular weight excluding hydrogens is 456 g/mol. The second kappa shape index (κ2) is 9.06. The molecule has 0 amide bonds. The molecule has 2 aliphatic heterocycles. The number of methoxy groups -OCH3 is 1. The van der Waals surface area contributed by atoms with Crippen LogP contribution in [0.4, 0.5) is 5.69 Å². The Bertz CT molecular complexity index is 1110. The number of para-hydroxylation sites is 1. The van der Waals surface area contributed by atoms with Crippen LogP contribution in [0.3, 0.4) is 0 Å². The molecule has 0 N–H and O–H groups in total. The van der Waals surface area contributed by atoms with Crippen LogP contribution in [0.15, 0.2) is 65.9 Å². The van der Waals surface area contributed by atoms with Crippen molar-refractivity contribution in [1.82, 2.24) is 4.57 Å². The molecule has 3 aromatic rings. The number of ketones is 1. The van der Waals surface area contributed by atoms with Crippen LogP contribution >= 0.6 is 0 Å². The minimum atomic E-state index is 0. The third-order valence-corrected chi connectivity index (χ3v) is 5.84. The fraction of sp³-hybridized carbons (Fsp3) is 0.292. The number of hydrazone groups is 1. The van der Waals surface area contributed by atoms with Crippen LogP contribution in [-0.4, -0.2) is 29.8 Å². The summed E-state index contributed by atoms with van der Waals surface area (Å²) in [6, 6.07) is 18.0. The van der Waals surface area contributed by atoms with E-state index < -0.39 is 0 Å². The predicted molar refractivity (Wildman–Crippen MR) is 116 cm³/mol. The quantitative estimate of drug-likeness (QED) is 0.511. The summed E-state index contributed by atoms with van der Waals surface area (Å²) in [5, 5.41) is 6.50. The average Bonchev–Trinajstić information content (AvgIpc) is 3.25. The number of rotatable bonds is 3. The number of Topliss-reactive ketones (excluding diaryl/α,β-unsaturated/α-hetero) is 1. The highest BCUT2D eigenvalue weighted by Crippen LogP contribution is 2.26. The van der Waals surface area contributed by atoms with E-state index in [2.05, 4.69) is 22.9 Å². The standard InChI is InChI=1S/C24H25N4O2.BrH/c1-30-20-13-11-18(12-14-20)21-16-27(23-10-6-3-7-15-26(21)23)24-22(29)17-28(25-24)19-8-4-2-5-9-19;/h2,4-5,8-9,11-14,16H,3,6-7,10,15,17H2,1H3;1H/q+1;/p-1. The van der Waals surface area contributed by atoms with Gasteiger partial charge in [-0.2, -0.15) is 9.58 Å². The number of carbonyl (C=O) groups excluding carboxylic acids is 1. The van der Waals surface area contributed by atoms with Crippen LogP contribution in [0.5, 0.6) is 5.75 Å². The van der Waals surface area contributed by atoms with E-state index in [0.29, 0.717) is 5.84 Å². The Morgan fingerprint density at radius 3 is 2.52 bits per heavy atom. The lowest BCUT2D eigenvalue weighted by Gasteiger charge is -2.06. The van der Waals surface area contributed by atoms with E-state index in [1.165, 1.54) is 6.42 Å². The van der Waals surface area contributed by atoms with Crippen LogP contribution in [-0.2, 0) is 17.8 Å². The molecule has 160 valence electrons. The van der Waals surface area contributed by atoms with E-state index in [0.717, 1.165) is 54.3 Å². The van der Waals surface area contributed by atoms with Crippen molar-refractivity contribution in [1.29, 1.82) is 0 Å². The molecule has 2 aliphatic rings. The zero-order valence-electron chi connectivity index (χ0n) is 17.5. The summed E-state index contributed by atoms with van der Waals surface area (Å²) in [7, 11) is 1.68. The highest BCUT2D eigenvalue weighted by molar-refractivity contribution is 6.38. The van der Waals surface area contributed by atoms with E-state index in [9.17, 15) is 4.79 Å². The van der Waals surface area contributed by atoms with Crippen molar-refractivity contribution in [2.24, 2.45) is 5.10 Å². The Kier molecular flexibility index (Phi) is 6.23. The number of imidazole rings is 1. The van der Waals surface area contributed by atoms with Crippen LogP contribution in [0.25, 0.3) is 11.3 Å². The number of hydrogen-bond acceptors (Lipinski definition) is 4. The van der Waals surface area contributed by atoms with Crippen LogP contribution < -0.4 is 31.3 Å². The smallest absolute Gasteiger partial charge is 0.336 e. The molecule has 0 aliphatic carbocycles. The molecule has 0 saturated heterocycles.